The molecule has 2 unspecified atom stereocenters. The van der Waals surface area contributed by atoms with Gasteiger partial charge in [0.2, 0.25) is 0 Å². The van der Waals surface area contributed by atoms with Gasteiger partial charge in [0.1, 0.15) is 0 Å². The Labute approximate surface area is 99.9 Å². The highest BCUT2D eigenvalue weighted by Gasteiger charge is 2.36. The third-order valence-electron chi connectivity index (χ3n) is 2.84. The van der Waals surface area contributed by atoms with Crippen LogP contribution in [0.25, 0.3) is 0 Å². The number of esters is 1. The fraction of sp³-hybridized carbons (Fsp3) is 0.909. The molecule has 0 radical (unpaired) electrons. The number of rotatable bonds is 5. The number of halogens is 3. The molecule has 0 aromatic rings. The summed E-state index contributed by atoms with van der Waals surface area (Å²) in [6, 6.07) is -0.817. The maximum atomic E-state index is 12.4. The lowest BCUT2D eigenvalue weighted by Crippen LogP contribution is -2.48. The standard InChI is InChI=1S/C11H20F3NO2/c1-7(2)15(6-11(12,13)14)9(4)8(3)10(16)17-5/h7-9H,6H2,1-5H3. The Morgan fingerprint density at radius 3 is 2.00 bits per heavy atom. The van der Waals surface area contributed by atoms with Crippen LogP contribution in [-0.4, -0.2) is 42.8 Å². The van der Waals surface area contributed by atoms with Crippen LogP contribution in [-0.2, 0) is 9.53 Å². The quantitative estimate of drug-likeness (QED) is 0.707. The minimum atomic E-state index is -4.27. The SMILES string of the molecule is COC(=O)C(C)C(C)N(CC(F)(F)F)C(C)C. The Balaban J connectivity index is 4.77. The van der Waals surface area contributed by atoms with Gasteiger partial charge in [-0.05, 0) is 20.8 Å². The maximum Gasteiger partial charge on any atom is 0.401 e. The molecule has 3 nitrogen and oxygen atoms in total. The fourth-order valence-corrected chi connectivity index (χ4v) is 1.67. The van der Waals surface area contributed by atoms with E-state index in [1.807, 2.05) is 0 Å². The predicted molar refractivity (Wildman–Crippen MR) is 58.5 cm³/mol. The minimum Gasteiger partial charge on any atom is -0.469 e. The van der Waals surface area contributed by atoms with Crippen molar-refractivity contribution >= 4 is 5.97 Å². The molecule has 0 aromatic heterocycles. The van der Waals surface area contributed by atoms with Gasteiger partial charge in [-0.2, -0.15) is 13.2 Å². The van der Waals surface area contributed by atoms with E-state index in [1.54, 1.807) is 27.7 Å². The zero-order chi connectivity index (χ0) is 13.8. The molecule has 102 valence electrons. The topological polar surface area (TPSA) is 29.5 Å². The Bertz CT molecular complexity index is 254. The van der Waals surface area contributed by atoms with Crippen LogP contribution in [0.2, 0.25) is 0 Å². The predicted octanol–water partition coefficient (Wildman–Crippen LogP) is 2.46. The van der Waals surface area contributed by atoms with Crippen LogP contribution in [0.3, 0.4) is 0 Å². The Morgan fingerprint density at radius 1 is 1.24 bits per heavy atom. The van der Waals surface area contributed by atoms with Crippen LogP contribution >= 0.6 is 0 Å². The molecule has 0 aliphatic rings. The summed E-state index contributed by atoms with van der Waals surface area (Å²) < 4.78 is 41.8. The zero-order valence-electron chi connectivity index (χ0n) is 10.8. The van der Waals surface area contributed by atoms with Gasteiger partial charge in [-0.25, -0.2) is 0 Å². The molecule has 0 amide bonds. The Kier molecular flexibility index (Phi) is 5.95. The van der Waals surface area contributed by atoms with E-state index in [1.165, 1.54) is 12.0 Å². The summed E-state index contributed by atoms with van der Waals surface area (Å²) in [6.07, 6.45) is -4.27. The Morgan fingerprint density at radius 2 is 1.71 bits per heavy atom. The highest BCUT2D eigenvalue weighted by atomic mass is 19.4. The lowest BCUT2D eigenvalue weighted by atomic mass is 10.0. The molecule has 6 heteroatoms. The molecule has 0 heterocycles. The average molecular weight is 255 g/mol. The van der Waals surface area contributed by atoms with Crippen molar-refractivity contribution in [2.45, 2.75) is 46.0 Å². The lowest BCUT2D eigenvalue weighted by molar-refractivity contribution is -0.163. The molecule has 2 atom stereocenters. The molecule has 0 saturated carbocycles. The molecule has 0 bridgehead atoms. The van der Waals surface area contributed by atoms with E-state index < -0.39 is 30.7 Å². The second kappa shape index (κ2) is 6.23. The first-order valence-electron chi connectivity index (χ1n) is 5.50. The van der Waals surface area contributed by atoms with Crippen LogP contribution in [0.5, 0.6) is 0 Å². The molecule has 0 fully saturated rings. The second-order valence-electron chi connectivity index (χ2n) is 4.43. The van der Waals surface area contributed by atoms with Crippen molar-refractivity contribution in [1.82, 2.24) is 4.90 Å². The third-order valence-corrected chi connectivity index (χ3v) is 2.84. The lowest BCUT2D eigenvalue weighted by Gasteiger charge is -2.35. The first-order chi connectivity index (χ1) is 7.60. The molecule has 0 saturated heterocycles. The summed E-state index contributed by atoms with van der Waals surface area (Å²) in [7, 11) is 1.23. The summed E-state index contributed by atoms with van der Waals surface area (Å²) in [5.41, 5.74) is 0. The number of carbonyl (C=O) groups is 1. The maximum absolute atomic E-state index is 12.4. The first kappa shape index (κ1) is 16.2. The monoisotopic (exact) mass is 255 g/mol. The van der Waals surface area contributed by atoms with E-state index in [4.69, 9.17) is 0 Å². The van der Waals surface area contributed by atoms with E-state index in [0.29, 0.717) is 0 Å². The molecule has 0 N–H and O–H groups in total. The highest BCUT2D eigenvalue weighted by molar-refractivity contribution is 5.72. The summed E-state index contributed by atoms with van der Waals surface area (Å²) in [6.45, 7) is 5.50. The van der Waals surface area contributed by atoms with E-state index in [9.17, 15) is 18.0 Å². The summed E-state index contributed by atoms with van der Waals surface area (Å²) in [4.78, 5) is 12.6. The molecule has 17 heavy (non-hydrogen) atoms. The minimum absolute atomic E-state index is 0.293. The molecule has 0 aliphatic carbocycles. The van der Waals surface area contributed by atoms with E-state index >= 15 is 0 Å². The van der Waals surface area contributed by atoms with Crippen LogP contribution in [0.4, 0.5) is 13.2 Å². The largest absolute Gasteiger partial charge is 0.469 e. The molecule has 0 aliphatic heterocycles. The van der Waals surface area contributed by atoms with Gasteiger partial charge < -0.3 is 4.74 Å². The van der Waals surface area contributed by atoms with Gasteiger partial charge >= 0.3 is 12.1 Å². The average Bonchev–Trinajstić information content (AvgIpc) is 2.21. The van der Waals surface area contributed by atoms with Gasteiger partial charge in [0.05, 0.1) is 19.6 Å². The molecule has 0 rings (SSSR count). The van der Waals surface area contributed by atoms with Crippen LogP contribution in [0, 0.1) is 5.92 Å². The smallest absolute Gasteiger partial charge is 0.401 e. The van der Waals surface area contributed by atoms with Crippen molar-refractivity contribution < 1.29 is 22.7 Å². The van der Waals surface area contributed by atoms with Crippen molar-refractivity contribution in [1.29, 1.82) is 0 Å². The number of hydrogen-bond donors (Lipinski definition) is 0. The van der Waals surface area contributed by atoms with Gasteiger partial charge in [-0.15, -0.1) is 0 Å². The summed E-state index contributed by atoms with van der Waals surface area (Å²) in [5, 5.41) is 0. The molecular formula is C11H20F3NO2. The van der Waals surface area contributed by atoms with Crippen molar-refractivity contribution in [2.24, 2.45) is 5.92 Å². The van der Waals surface area contributed by atoms with Crippen molar-refractivity contribution in [3.05, 3.63) is 0 Å². The van der Waals surface area contributed by atoms with Gasteiger partial charge in [0.15, 0.2) is 0 Å². The van der Waals surface area contributed by atoms with Crippen molar-refractivity contribution in [3.63, 3.8) is 0 Å². The second-order valence-corrected chi connectivity index (χ2v) is 4.43. The van der Waals surface area contributed by atoms with E-state index in [-0.39, 0.29) is 6.04 Å². The number of carbonyl (C=O) groups excluding carboxylic acids is 1. The molecule has 0 aromatic carbocycles. The number of ether oxygens (including phenoxy) is 1. The van der Waals surface area contributed by atoms with Gasteiger partial charge in [-0.3, -0.25) is 9.69 Å². The zero-order valence-corrected chi connectivity index (χ0v) is 10.8. The van der Waals surface area contributed by atoms with E-state index in [0.717, 1.165) is 0 Å². The van der Waals surface area contributed by atoms with Gasteiger partial charge in [-0.1, -0.05) is 6.92 Å². The van der Waals surface area contributed by atoms with Crippen LogP contribution < -0.4 is 0 Å². The van der Waals surface area contributed by atoms with Gasteiger partial charge in [0, 0.05) is 12.1 Å². The molecule has 0 spiro atoms. The number of hydrogen-bond acceptors (Lipinski definition) is 3. The molecular weight excluding hydrogens is 235 g/mol. The number of alkyl halides is 3. The van der Waals surface area contributed by atoms with Crippen LogP contribution in [0.1, 0.15) is 27.7 Å². The number of methoxy groups -OCH3 is 1. The summed E-state index contributed by atoms with van der Waals surface area (Å²) >= 11 is 0. The van der Waals surface area contributed by atoms with E-state index in [2.05, 4.69) is 4.74 Å². The highest BCUT2D eigenvalue weighted by Crippen LogP contribution is 2.23. The first-order valence-corrected chi connectivity index (χ1v) is 5.50. The van der Waals surface area contributed by atoms with Crippen LogP contribution in [0.15, 0.2) is 0 Å². The third kappa shape index (κ3) is 5.39. The normalized spacial score (nSPS) is 16.1. The summed E-state index contributed by atoms with van der Waals surface area (Å²) in [5.74, 6) is -1.09. The van der Waals surface area contributed by atoms with Crippen molar-refractivity contribution in [3.8, 4) is 0 Å². The van der Waals surface area contributed by atoms with Gasteiger partial charge in [0.25, 0.3) is 0 Å². The fourth-order valence-electron chi connectivity index (χ4n) is 1.67. The van der Waals surface area contributed by atoms with Crippen molar-refractivity contribution in [2.75, 3.05) is 13.7 Å². The number of nitrogens with zero attached hydrogens (tertiary/aromatic N) is 1. The Hall–Kier alpha value is -0.780.